The molecule has 0 radical (unpaired) electrons. The molecule has 23 heavy (non-hydrogen) atoms. The summed E-state index contributed by atoms with van der Waals surface area (Å²) in [7, 11) is -1.22. The van der Waals surface area contributed by atoms with Crippen LogP contribution in [-0.2, 0) is 6.18 Å². The van der Waals surface area contributed by atoms with Crippen LogP contribution in [-0.4, -0.2) is 29.4 Å². The maximum absolute atomic E-state index is 12.5. The van der Waals surface area contributed by atoms with Gasteiger partial charge in [-0.05, 0) is 19.1 Å². The van der Waals surface area contributed by atoms with Crippen LogP contribution in [0.1, 0.15) is 22.8 Å². The van der Waals surface area contributed by atoms with Crippen LogP contribution in [0.2, 0.25) is 0 Å². The molecule has 0 aromatic heterocycles. The van der Waals surface area contributed by atoms with Gasteiger partial charge in [-0.25, -0.2) is 0 Å². The summed E-state index contributed by atoms with van der Waals surface area (Å²) in [6, 6.07) is 4.43. The lowest BCUT2D eigenvalue weighted by Gasteiger charge is -2.10. The van der Waals surface area contributed by atoms with E-state index in [1.165, 1.54) is 12.1 Å². The van der Waals surface area contributed by atoms with Gasteiger partial charge < -0.3 is 4.90 Å². The molecule has 0 saturated heterocycles. The molecule has 1 aromatic carbocycles. The van der Waals surface area contributed by atoms with E-state index < -0.39 is 27.8 Å². The van der Waals surface area contributed by atoms with E-state index in [2.05, 4.69) is 0 Å². The first-order valence-corrected chi connectivity index (χ1v) is 7.18. The Bertz CT molecular complexity index is 561. The molecule has 1 rings (SSSR count). The monoisotopic (exact) mass is 357 g/mol. The third-order valence-corrected chi connectivity index (χ3v) is 2.26. The van der Waals surface area contributed by atoms with Crippen molar-refractivity contribution in [2.45, 2.75) is 13.1 Å². The molecule has 0 heterocycles. The van der Waals surface area contributed by atoms with Gasteiger partial charge in [0.15, 0.2) is 5.78 Å². The number of benzene rings is 1. The van der Waals surface area contributed by atoms with Crippen LogP contribution in [0.3, 0.4) is 0 Å². The zero-order chi connectivity index (χ0) is 18.4. The number of allylic oxidation sites excluding steroid dienone is 1. The number of hydrogen-bond acceptors (Lipinski definition) is 6. The number of carbonyl (C=O) groups excluding carboxylic acids is 1. The summed E-state index contributed by atoms with van der Waals surface area (Å²) in [5.41, 5.74) is -0.384. The standard InChI is InChI=1S/C13H14F3NO.ClHO4/c1-9(8-17(2)3)12(18)10-5-4-6-11(7-10)13(14,15)16;2-1(3,4)5/h4-8H,1-3H3;(H,2,3,4,5). The number of carbonyl (C=O) groups is 1. The minimum Gasteiger partial charge on any atom is -0.383 e. The van der Waals surface area contributed by atoms with Gasteiger partial charge in [-0.1, -0.05) is 12.1 Å². The van der Waals surface area contributed by atoms with Crippen LogP contribution >= 0.6 is 0 Å². The Kier molecular flexibility index (Phi) is 7.68. The fraction of sp³-hybridized carbons (Fsp3) is 0.308. The molecule has 0 aliphatic rings. The van der Waals surface area contributed by atoms with E-state index in [-0.39, 0.29) is 5.56 Å². The van der Waals surface area contributed by atoms with Crippen molar-refractivity contribution in [3.05, 3.63) is 47.2 Å². The molecule has 0 amide bonds. The smallest absolute Gasteiger partial charge is 0.383 e. The van der Waals surface area contributed by atoms with Crippen LogP contribution in [0.25, 0.3) is 0 Å². The highest BCUT2D eigenvalue weighted by Gasteiger charge is 2.30. The summed E-state index contributed by atoms with van der Waals surface area (Å²) in [5.74, 6) is -0.408. The highest BCUT2D eigenvalue weighted by molar-refractivity contribution is 6.08. The molecule has 0 fully saturated rings. The van der Waals surface area contributed by atoms with Gasteiger partial charge in [0.1, 0.15) is 0 Å². The maximum atomic E-state index is 12.5. The molecular formula is C13H15ClF3NO5. The van der Waals surface area contributed by atoms with Gasteiger partial charge in [-0.15, -0.1) is 0 Å². The zero-order valence-corrected chi connectivity index (χ0v) is 13.2. The molecule has 130 valence electrons. The molecule has 0 aliphatic carbocycles. The van der Waals surface area contributed by atoms with E-state index in [9.17, 15) is 18.0 Å². The lowest BCUT2D eigenvalue weighted by Crippen LogP contribution is -2.58. The molecule has 0 spiro atoms. The third-order valence-electron chi connectivity index (χ3n) is 2.26. The molecule has 6 nitrogen and oxygen atoms in total. The van der Waals surface area contributed by atoms with Crippen molar-refractivity contribution in [2.24, 2.45) is 0 Å². The van der Waals surface area contributed by atoms with Crippen LogP contribution in [0.5, 0.6) is 0 Å². The predicted octanol–water partition coefficient (Wildman–Crippen LogP) is -0.770. The molecule has 1 N–H and O–H groups in total. The van der Waals surface area contributed by atoms with Crippen molar-refractivity contribution in [1.82, 2.24) is 4.90 Å². The summed E-state index contributed by atoms with van der Waals surface area (Å²) in [4.78, 5) is 13.6. The van der Waals surface area contributed by atoms with Gasteiger partial charge in [-0.2, -0.15) is 27.1 Å². The molecule has 0 bridgehead atoms. The molecule has 10 heteroatoms. The number of Topliss-reactive ketones (excluding diaryl/α,β-unsaturated/α-hetero) is 1. The lowest BCUT2D eigenvalue weighted by molar-refractivity contribution is -1.92. The number of alkyl halides is 3. The molecule has 0 aliphatic heterocycles. The van der Waals surface area contributed by atoms with Gasteiger partial charge in [0, 0.05) is 31.4 Å². The fourth-order valence-electron chi connectivity index (χ4n) is 1.51. The van der Waals surface area contributed by atoms with Gasteiger partial charge in [0.05, 0.1) is 20.5 Å². The third kappa shape index (κ3) is 9.87. The highest BCUT2D eigenvalue weighted by atomic mass is 35.7. The van der Waals surface area contributed by atoms with Gasteiger partial charge in [0.2, 0.25) is 0 Å². The van der Waals surface area contributed by atoms with Crippen LogP contribution in [0.4, 0.5) is 13.2 Å². The normalized spacial score (nSPS) is 12.3. The Morgan fingerprint density at radius 3 is 2.13 bits per heavy atom. The first kappa shape index (κ1) is 21.4. The van der Waals surface area contributed by atoms with Crippen LogP contribution < -0.4 is 14.0 Å². The largest absolute Gasteiger partial charge is 0.416 e. The second-order valence-corrected chi connectivity index (χ2v) is 5.37. The van der Waals surface area contributed by atoms with Crippen LogP contribution in [0.15, 0.2) is 36.0 Å². The average Bonchev–Trinajstić information content (AvgIpc) is 2.34. The van der Waals surface area contributed by atoms with E-state index in [0.717, 1.165) is 12.1 Å². The number of ketones is 1. The molecule has 0 atom stereocenters. The Morgan fingerprint density at radius 2 is 1.74 bits per heavy atom. The van der Waals surface area contributed by atoms with Crippen molar-refractivity contribution in [3.63, 3.8) is 0 Å². The Labute approximate surface area is 132 Å². The minimum absolute atomic E-state index is 0.0421. The van der Waals surface area contributed by atoms with E-state index >= 15 is 0 Å². The molecule has 0 unspecified atom stereocenters. The number of nitrogens with zero attached hydrogens (tertiary/aromatic N) is 1. The first-order valence-electron chi connectivity index (χ1n) is 5.92. The second kappa shape index (κ2) is 8.27. The first-order chi connectivity index (χ1) is 10.2. The van der Waals surface area contributed by atoms with Gasteiger partial charge in [0.25, 0.3) is 0 Å². The van der Waals surface area contributed by atoms with E-state index in [1.807, 2.05) is 0 Å². The quantitative estimate of drug-likeness (QED) is 0.562. The summed E-state index contributed by atoms with van der Waals surface area (Å²) in [5, 5.41) is 0. The Balaban J connectivity index is 0.000000841. The summed E-state index contributed by atoms with van der Waals surface area (Å²) in [6.45, 7) is 1.57. The molecule has 0 saturated carbocycles. The van der Waals surface area contributed by atoms with Crippen LogP contribution in [0, 0.1) is 10.2 Å². The van der Waals surface area contributed by atoms with Crippen molar-refractivity contribution >= 4 is 5.78 Å². The van der Waals surface area contributed by atoms with E-state index in [0.29, 0.717) is 5.57 Å². The Hall–Kier alpha value is -1.65. The fourth-order valence-corrected chi connectivity index (χ4v) is 1.51. The number of halogens is 4. The second-order valence-electron chi connectivity index (χ2n) is 4.58. The summed E-state index contributed by atoms with van der Waals surface area (Å²) < 4.78 is 70.2. The molecular weight excluding hydrogens is 343 g/mol. The van der Waals surface area contributed by atoms with Crippen molar-refractivity contribution in [3.8, 4) is 0 Å². The average molecular weight is 358 g/mol. The van der Waals surface area contributed by atoms with Crippen molar-refractivity contribution in [1.29, 1.82) is 0 Å². The predicted molar refractivity (Wildman–Crippen MR) is 65.4 cm³/mol. The van der Waals surface area contributed by atoms with Crippen molar-refractivity contribution < 1.29 is 46.8 Å². The Morgan fingerprint density at radius 1 is 1.26 bits per heavy atom. The minimum atomic E-state index is -4.69. The van der Waals surface area contributed by atoms with E-state index in [4.69, 9.17) is 18.6 Å². The summed E-state index contributed by atoms with van der Waals surface area (Å²) >= 11 is 0. The van der Waals surface area contributed by atoms with Crippen molar-refractivity contribution in [2.75, 3.05) is 14.1 Å². The highest BCUT2D eigenvalue weighted by Crippen LogP contribution is 2.29. The van der Waals surface area contributed by atoms with Gasteiger partial charge in [-0.3, -0.25) is 4.79 Å². The zero-order valence-electron chi connectivity index (χ0n) is 12.4. The molecule has 1 aromatic rings. The summed E-state index contributed by atoms with van der Waals surface area (Å²) in [6.07, 6.45) is -2.86. The SMILES string of the molecule is CC(=CN(C)C)C(=O)c1cccc(C(F)(F)F)c1.[O-][Cl+3]([O-])([O-])O. The lowest BCUT2D eigenvalue weighted by atomic mass is 10.0. The van der Waals surface area contributed by atoms with Gasteiger partial charge >= 0.3 is 6.18 Å². The maximum Gasteiger partial charge on any atom is 0.416 e. The van der Waals surface area contributed by atoms with E-state index in [1.54, 1.807) is 32.1 Å². The topological polar surface area (TPSA) is 110 Å². The number of hydrogen-bond donors (Lipinski definition) is 1. The number of rotatable bonds is 3.